The van der Waals surface area contributed by atoms with Gasteiger partial charge in [0.25, 0.3) is 0 Å². The minimum Gasteiger partial charge on any atom is -0.386 e. The van der Waals surface area contributed by atoms with Gasteiger partial charge in [-0.25, -0.2) is 0 Å². The first kappa shape index (κ1) is 17.1. The maximum Gasteiger partial charge on any atom is 0.227 e. The number of aryl methyl sites for hydroxylation is 1. The van der Waals surface area contributed by atoms with Crippen LogP contribution in [0.15, 0.2) is 42.9 Å². The lowest BCUT2D eigenvalue weighted by molar-refractivity contribution is -0.132. The zero-order valence-corrected chi connectivity index (χ0v) is 13.6. The quantitative estimate of drug-likeness (QED) is 0.852. The van der Waals surface area contributed by atoms with Gasteiger partial charge in [0.05, 0.1) is 19.1 Å². The van der Waals surface area contributed by atoms with Gasteiger partial charge in [-0.1, -0.05) is 19.1 Å². The van der Waals surface area contributed by atoms with Gasteiger partial charge in [0, 0.05) is 36.4 Å². The molecular formula is C18H23N3O2. The molecule has 1 amide bonds. The zero-order chi connectivity index (χ0) is 16.7. The Morgan fingerprint density at radius 2 is 2.13 bits per heavy atom. The molecule has 0 saturated carbocycles. The third-order valence-electron chi connectivity index (χ3n) is 3.64. The second-order valence-corrected chi connectivity index (χ2v) is 5.63. The zero-order valence-electron chi connectivity index (χ0n) is 13.6. The van der Waals surface area contributed by atoms with Gasteiger partial charge in [-0.3, -0.25) is 14.8 Å². The minimum atomic E-state index is -0.727. The van der Waals surface area contributed by atoms with Crippen LogP contribution in [-0.2, 0) is 11.2 Å². The summed E-state index contributed by atoms with van der Waals surface area (Å²) in [5, 5.41) is 10.3. The standard InChI is InChI=1S/C18H23N3O2/c1-3-9-21(13-17(22)16-5-4-8-19-12-16)18(23)10-15-7-6-14(2)20-11-15/h4-8,11-12,17,22H,3,9-10,13H2,1-2H3/t17-/m1/s1. The van der Waals surface area contributed by atoms with E-state index in [1.165, 1.54) is 0 Å². The molecule has 0 aliphatic rings. The van der Waals surface area contributed by atoms with E-state index < -0.39 is 6.10 Å². The van der Waals surface area contributed by atoms with Crippen molar-refractivity contribution in [2.75, 3.05) is 13.1 Å². The highest BCUT2D eigenvalue weighted by Gasteiger charge is 2.18. The molecule has 0 aliphatic carbocycles. The molecule has 2 aromatic rings. The van der Waals surface area contributed by atoms with Gasteiger partial charge in [0.1, 0.15) is 0 Å². The van der Waals surface area contributed by atoms with Crippen molar-refractivity contribution in [2.45, 2.75) is 32.8 Å². The van der Waals surface area contributed by atoms with Crippen LogP contribution in [0.4, 0.5) is 0 Å². The maximum absolute atomic E-state index is 12.5. The summed E-state index contributed by atoms with van der Waals surface area (Å²) in [5.41, 5.74) is 2.54. The second kappa shape index (κ2) is 8.39. The van der Waals surface area contributed by atoms with Crippen LogP contribution in [0.2, 0.25) is 0 Å². The fourth-order valence-corrected chi connectivity index (χ4v) is 2.36. The average Bonchev–Trinajstić information content (AvgIpc) is 2.57. The van der Waals surface area contributed by atoms with Crippen LogP contribution >= 0.6 is 0 Å². The summed E-state index contributed by atoms with van der Waals surface area (Å²) < 4.78 is 0. The Morgan fingerprint density at radius 3 is 2.74 bits per heavy atom. The summed E-state index contributed by atoms with van der Waals surface area (Å²) in [6.45, 7) is 4.83. The van der Waals surface area contributed by atoms with Gasteiger partial charge in [0.2, 0.25) is 5.91 Å². The lowest BCUT2D eigenvalue weighted by Gasteiger charge is -2.25. The summed E-state index contributed by atoms with van der Waals surface area (Å²) >= 11 is 0. The summed E-state index contributed by atoms with van der Waals surface area (Å²) in [7, 11) is 0. The molecule has 0 spiro atoms. The molecule has 1 N–H and O–H groups in total. The molecule has 1 atom stereocenters. The lowest BCUT2D eigenvalue weighted by atomic mass is 10.1. The Kier molecular flexibility index (Phi) is 6.23. The maximum atomic E-state index is 12.5. The molecule has 0 bridgehead atoms. The molecule has 23 heavy (non-hydrogen) atoms. The highest BCUT2D eigenvalue weighted by molar-refractivity contribution is 5.78. The molecule has 0 fully saturated rings. The Labute approximate surface area is 137 Å². The molecule has 2 rings (SSSR count). The molecule has 0 saturated heterocycles. The van der Waals surface area contributed by atoms with E-state index in [4.69, 9.17) is 0 Å². The minimum absolute atomic E-state index is 0.000411. The Morgan fingerprint density at radius 1 is 1.30 bits per heavy atom. The van der Waals surface area contributed by atoms with Crippen molar-refractivity contribution in [3.8, 4) is 0 Å². The normalized spacial score (nSPS) is 12.0. The molecule has 0 aliphatic heterocycles. The van der Waals surface area contributed by atoms with Crippen molar-refractivity contribution in [3.63, 3.8) is 0 Å². The van der Waals surface area contributed by atoms with Crippen LogP contribution in [0, 0.1) is 6.92 Å². The summed E-state index contributed by atoms with van der Waals surface area (Å²) in [5.74, 6) is 0.000411. The van der Waals surface area contributed by atoms with E-state index in [2.05, 4.69) is 9.97 Å². The van der Waals surface area contributed by atoms with Crippen molar-refractivity contribution in [2.24, 2.45) is 0 Å². The van der Waals surface area contributed by atoms with Gasteiger partial charge in [0.15, 0.2) is 0 Å². The lowest BCUT2D eigenvalue weighted by Crippen LogP contribution is -2.36. The molecule has 5 heteroatoms. The number of rotatable bonds is 7. The average molecular weight is 313 g/mol. The van der Waals surface area contributed by atoms with Crippen LogP contribution in [0.25, 0.3) is 0 Å². The van der Waals surface area contributed by atoms with Crippen molar-refractivity contribution in [3.05, 3.63) is 59.7 Å². The van der Waals surface area contributed by atoms with Gasteiger partial charge >= 0.3 is 0 Å². The van der Waals surface area contributed by atoms with Crippen LogP contribution in [0.5, 0.6) is 0 Å². The first-order valence-electron chi connectivity index (χ1n) is 7.87. The summed E-state index contributed by atoms with van der Waals surface area (Å²) in [6.07, 6.45) is 5.44. The number of carbonyl (C=O) groups is 1. The number of hydrogen-bond acceptors (Lipinski definition) is 4. The molecular weight excluding hydrogens is 290 g/mol. The molecule has 0 unspecified atom stereocenters. The summed E-state index contributed by atoms with van der Waals surface area (Å²) in [4.78, 5) is 22.5. The Bertz CT molecular complexity index is 614. The van der Waals surface area contributed by atoms with Crippen LogP contribution in [0.3, 0.4) is 0 Å². The van der Waals surface area contributed by atoms with Gasteiger partial charge < -0.3 is 10.0 Å². The van der Waals surface area contributed by atoms with E-state index >= 15 is 0 Å². The van der Waals surface area contributed by atoms with E-state index in [-0.39, 0.29) is 12.5 Å². The topological polar surface area (TPSA) is 66.3 Å². The number of aromatic nitrogens is 2. The highest BCUT2D eigenvalue weighted by Crippen LogP contribution is 2.14. The number of nitrogens with zero attached hydrogens (tertiary/aromatic N) is 3. The van der Waals surface area contributed by atoms with Crippen LogP contribution < -0.4 is 0 Å². The second-order valence-electron chi connectivity index (χ2n) is 5.63. The molecule has 0 aromatic carbocycles. The number of pyridine rings is 2. The SMILES string of the molecule is CCCN(C[C@@H](O)c1cccnc1)C(=O)Cc1ccc(C)nc1. The van der Waals surface area contributed by atoms with Crippen LogP contribution in [0.1, 0.15) is 36.3 Å². The first-order chi connectivity index (χ1) is 11.1. The van der Waals surface area contributed by atoms with Crippen molar-refractivity contribution in [1.29, 1.82) is 0 Å². The monoisotopic (exact) mass is 313 g/mol. The highest BCUT2D eigenvalue weighted by atomic mass is 16.3. The van der Waals surface area contributed by atoms with Gasteiger partial charge in [-0.2, -0.15) is 0 Å². The summed E-state index contributed by atoms with van der Waals surface area (Å²) in [6, 6.07) is 7.41. The van der Waals surface area contributed by atoms with E-state index in [1.807, 2.05) is 32.0 Å². The largest absolute Gasteiger partial charge is 0.386 e. The fourth-order valence-electron chi connectivity index (χ4n) is 2.36. The number of hydrogen-bond donors (Lipinski definition) is 1. The van der Waals surface area contributed by atoms with E-state index in [0.29, 0.717) is 13.0 Å². The number of aliphatic hydroxyl groups excluding tert-OH is 1. The molecule has 122 valence electrons. The van der Waals surface area contributed by atoms with E-state index in [9.17, 15) is 9.90 Å². The predicted octanol–water partition coefficient (Wildman–Crippen LogP) is 2.30. The first-order valence-corrected chi connectivity index (χ1v) is 7.87. The Hall–Kier alpha value is -2.27. The van der Waals surface area contributed by atoms with E-state index in [1.54, 1.807) is 29.6 Å². The Balaban J connectivity index is 2.02. The van der Waals surface area contributed by atoms with Gasteiger partial charge in [-0.05, 0) is 31.0 Å². The van der Waals surface area contributed by atoms with Crippen molar-refractivity contribution < 1.29 is 9.90 Å². The number of carbonyl (C=O) groups excluding carboxylic acids is 1. The third kappa shape index (κ3) is 5.14. The third-order valence-corrected chi connectivity index (χ3v) is 3.64. The predicted molar refractivity (Wildman–Crippen MR) is 88.7 cm³/mol. The molecule has 0 radical (unpaired) electrons. The smallest absolute Gasteiger partial charge is 0.227 e. The van der Waals surface area contributed by atoms with Crippen molar-refractivity contribution >= 4 is 5.91 Å². The van der Waals surface area contributed by atoms with Gasteiger partial charge in [-0.15, -0.1) is 0 Å². The van der Waals surface area contributed by atoms with Crippen molar-refractivity contribution in [1.82, 2.24) is 14.9 Å². The molecule has 5 nitrogen and oxygen atoms in total. The van der Waals surface area contributed by atoms with E-state index in [0.717, 1.165) is 23.2 Å². The fraction of sp³-hybridized carbons (Fsp3) is 0.389. The number of amides is 1. The molecule has 2 aromatic heterocycles. The molecule has 2 heterocycles. The number of aliphatic hydroxyl groups is 1. The van der Waals surface area contributed by atoms with Crippen LogP contribution in [-0.4, -0.2) is 39.0 Å².